The number of hydrazone groups is 1. The second kappa shape index (κ2) is 8.91. The SMILES string of the molecule is COc1cc(C(=O)N/N=C\c2cc(C)n(-c3cccc(Br)c3)c2C)ccc1I. The zero-order valence-electron chi connectivity index (χ0n) is 15.7. The number of carbonyl (C=O) groups excluding carboxylic acids is 1. The lowest BCUT2D eigenvalue weighted by molar-refractivity contribution is 0.0954. The van der Waals surface area contributed by atoms with Gasteiger partial charge in [-0.3, -0.25) is 4.79 Å². The number of aromatic nitrogens is 1. The smallest absolute Gasteiger partial charge is 0.271 e. The molecule has 0 fully saturated rings. The topological polar surface area (TPSA) is 55.6 Å². The van der Waals surface area contributed by atoms with Gasteiger partial charge in [0.1, 0.15) is 5.75 Å². The Labute approximate surface area is 186 Å². The second-order valence-corrected chi connectivity index (χ2v) is 8.27. The van der Waals surface area contributed by atoms with Crippen molar-refractivity contribution in [1.82, 2.24) is 9.99 Å². The number of hydrogen-bond acceptors (Lipinski definition) is 3. The van der Waals surface area contributed by atoms with Gasteiger partial charge in [0.15, 0.2) is 0 Å². The maximum absolute atomic E-state index is 12.3. The number of nitrogens with one attached hydrogen (secondary N) is 1. The molecule has 28 heavy (non-hydrogen) atoms. The highest BCUT2D eigenvalue weighted by Gasteiger charge is 2.11. The van der Waals surface area contributed by atoms with E-state index in [1.807, 2.05) is 38.1 Å². The summed E-state index contributed by atoms with van der Waals surface area (Å²) < 4.78 is 9.38. The second-order valence-electron chi connectivity index (χ2n) is 6.19. The maximum Gasteiger partial charge on any atom is 0.271 e. The number of methoxy groups -OCH3 is 1. The molecule has 1 heterocycles. The molecule has 144 valence electrons. The number of ether oxygens (including phenoxy) is 1. The van der Waals surface area contributed by atoms with Gasteiger partial charge < -0.3 is 9.30 Å². The van der Waals surface area contributed by atoms with Gasteiger partial charge >= 0.3 is 0 Å². The molecule has 3 aromatic rings. The van der Waals surface area contributed by atoms with E-state index in [1.165, 1.54) is 0 Å². The molecule has 0 bridgehead atoms. The van der Waals surface area contributed by atoms with Crippen LogP contribution in [0, 0.1) is 17.4 Å². The van der Waals surface area contributed by atoms with Crippen LogP contribution < -0.4 is 10.2 Å². The molecule has 5 nitrogen and oxygen atoms in total. The molecular formula is C21H19BrIN3O2. The third-order valence-corrected chi connectivity index (χ3v) is 5.70. The summed E-state index contributed by atoms with van der Waals surface area (Å²) in [5.41, 5.74) is 7.22. The number of aryl methyl sites for hydroxylation is 1. The summed E-state index contributed by atoms with van der Waals surface area (Å²) in [6.07, 6.45) is 1.67. The fourth-order valence-corrected chi connectivity index (χ4v) is 3.90. The third-order valence-electron chi connectivity index (χ3n) is 4.32. The quantitative estimate of drug-likeness (QED) is 0.268. The van der Waals surface area contributed by atoms with Crippen LogP contribution in [0.3, 0.4) is 0 Å². The normalized spacial score (nSPS) is 11.0. The van der Waals surface area contributed by atoms with Crippen LogP contribution in [0.15, 0.2) is 58.1 Å². The Balaban J connectivity index is 1.78. The van der Waals surface area contributed by atoms with Crippen LogP contribution in [0.4, 0.5) is 0 Å². The summed E-state index contributed by atoms with van der Waals surface area (Å²) in [5, 5.41) is 4.13. The predicted molar refractivity (Wildman–Crippen MR) is 124 cm³/mol. The van der Waals surface area contributed by atoms with Gasteiger partial charge in [0.25, 0.3) is 5.91 Å². The fraction of sp³-hybridized carbons (Fsp3) is 0.143. The van der Waals surface area contributed by atoms with Gasteiger partial charge in [-0.05, 0) is 78.9 Å². The van der Waals surface area contributed by atoms with Gasteiger partial charge in [0, 0.05) is 32.7 Å². The highest BCUT2D eigenvalue weighted by Crippen LogP contribution is 2.23. The van der Waals surface area contributed by atoms with Crippen molar-refractivity contribution >= 4 is 50.6 Å². The van der Waals surface area contributed by atoms with Crippen molar-refractivity contribution in [3.05, 3.63) is 79.1 Å². The van der Waals surface area contributed by atoms with Gasteiger partial charge in [-0.1, -0.05) is 22.0 Å². The Morgan fingerprint density at radius 2 is 2.00 bits per heavy atom. The molecule has 2 aromatic carbocycles. The van der Waals surface area contributed by atoms with Crippen LogP contribution >= 0.6 is 38.5 Å². The highest BCUT2D eigenvalue weighted by atomic mass is 127. The molecule has 0 unspecified atom stereocenters. The first kappa shape index (κ1) is 20.6. The van der Waals surface area contributed by atoms with E-state index in [-0.39, 0.29) is 5.91 Å². The molecule has 3 rings (SSSR count). The van der Waals surface area contributed by atoms with Crippen LogP contribution in [0.25, 0.3) is 5.69 Å². The molecule has 0 aliphatic heterocycles. The van der Waals surface area contributed by atoms with Crippen LogP contribution in [-0.2, 0) is 0 Å². The van der Waals surface area contributed by atoms with Crippen LogP contribution in [0.5, 0.6) is 5.75 Å². The Hall–Kier alpha value is -2.13. The Morgan fingerprint density at radius 1 is 1.21 bits per heavy atom. The minimum atomic E-state index is -0.285. The van der Waals surface area contributed by atoms with Crippen molar-refractivity contribution in [3.8, 4) is 11.4 Å². The lowest BCUT2D eigenvalue weighted by Crippen LogP contribution is -2.17. The fourth-order valence-electron chi connectivity index (χ4n) is 2.96. The Bertz CT molecular complexity index is 1060. The summed E-state index contributed by atoms with van der Waals surface area (Å²) in [5.74, 6) is 0.376. The van der Waals surface area contributed by atoms with E-state index < -0.39 is 0 Å². The van der Waals surface area contributed by atoms with E-state index in [0.29, 0.717) is 11.3 Å². The van der Waals surface area contributed by atoms with Crippen molar-refractivity contribution in [2.24, 2.45) is 5.10 Å². The molecule has 7 heteroatoms. The zero-order chi connectivity index (χ0) is 20.3. The van der Waals surface area contributed by atoms with E-state index in [1.54, 1.807) is 25.5 Å². The van der Waals surface area contributed by atoms with Crippen molar-refractivity contribution in [1.29, 1.82) is 0 Å². The van der Waals surface area contributed by atoms with Gasteiger partial charge in [0.05, 0.1) is 16.9 Å². The predicted octanol–water partition coefficient (Wildman–Crippen LogP) is 5.23. The first-order chi connectivity index (χ1) is 13.4. The summed E-state index contributed by atoms with van der Waals surface area (Å²) >= 11 is 5.67. The zero-order valence-corrected chi connectivity index (χ0v) is 19.4. The van der Waals surface area contributed by atoms with Gasteiger partial charge in [-0.25, -0.2) is 5.43 Å². The van der Waals surface area contributed by atoms with E-state index in [0.717, 1.165) is 30.7 Å². The van der Waals surface area contributed by atoms with Gasteiger partial charge in [-0.15, -0.1) is 0 Å². The van der Waals surface area contributed by atoms with Crippen molar-refractivity contribution in [2.45, 2.75) is 13.8 Å². The number of benzene rings is 2. The number of halogens is 2. The molecule has 0 spiro atoms. The average Bonchev–Trinajstić information content (AvgIpc) is 2.95. The summed E-state index contributed by atoms with van der Waals surface area (Å²) in [6, 6.07) is 15.4. The first-order valence-electron chi connectivity index (χ1n) is 8.52. The molecular weight excluding hydrogens is 533 g/mol. The molecule has 0 aliphatic rings. The Kier molecular flexibility index (Phi) is 6.56. The molecule has 0 aliphatic carbocycles. The molecule has 0 saturated carbocycles. The van der Waals surface area contributed by atoms with Gasteiger partial charge in [0.2, 0.25) is 0 Å². The largest absolute Gasteiger partial charge is 0.496 e. The lowest BCUT2D eigenvalue weighted by Gasteiger charge is -2.09. The van der Waals surface area contributed by atoms with E-state index in [9.17, 15) is 4.79 Å². The van der Waals surface area contributed by atoms with E-state index in [2.05, 4.69) is 65.7 Å². The first-order valence-corrected chi connectivity index (χ1v) is 10.4. The van der Waals surface area contributed by atoms with Crippen molar-refractivity contribution in [2.75, 3.05) is 7.11 Å². The molecule has 1 aromatic heterocycles. The van der Waals surface area contributed by atoms with Gasteiger partial charge in [-0.2, -0.15) is 5.10 Å². The maximum atomic E-state index is 12.3. The van der Waals surface area contributed by atoms with Crippen LogP contribution in [0.1, 0.15) is 27.3 Å². The molecule has 1 amide bonds. The van der Waals surface area contributed by atoms with Crippen molar-refractivity contribution < 1.29 is 9.53 Å². The molecule has 1 N–H and O–H groups in total. The summed E-state index contributed by atoms with van der Waals surface area (Å²) in [4.78, 5) is 12.3. The van der Waals surface area contributed by atoms with E-state index in [4.69, 9.17) is 4.74 Å². The molecule has 0 saturated heterocycles. The number of amides is 1. The third kappa shape index (κ3) is 4.47. The summed E-state index contributed by atoms with van der Waals surface area (Å²) in [7, 11) is 1.58. The minimum absolute atomic E-state index is 0.285. The van der Waals surface area contributed by atoms with Crippen LogP contribution in [0.2, 0.25) is 0 Å². The number of carbonyl (C=O) groups is 1. The Morgan fingerprint density at radius 3 is 2.71 bits per heavy atom. The number of nitrogens with zero attached hydrogens (tertiary/aromatic N) is 2. The monoisotopic (exact) mass is 551 g/mol. The highest BCUT2D eigenvalue weighted by molar-refractivity contribution is 14.1. The molecule has 0 radical (unpaired) electrons. The van der Waals surface area contributed by atoms with E-state index >= 15 is 0 Å². The lowest BCUT2D eigenvalue weighted by atomic mass is 10.2. The molecule has 0 atom stereocenters. The number of rotatable bonds is 5. The standard InChI is InChI=1S/C21H19BrIN3O2/c1-13-9-16(14(2)26(13)18-6-4-5-17(22)11-18)12-24-25-21(27)15-7-8-19(23)20(10-15)28-3/h4-12H,1-3H3,(H,25,27)/b24-12-. The minimum Gasteiger partial charge on any atom is -0.496 e. The number of hydrogen-bond donors (Lipinski definition) is 1. The summed E-state index contributed by atoms with van der Waals surface area (Å²) in [6.45, 7) is 4.07. The average molecular weight is 552 g/mol. The van der Waals surface area contributed by atoms with Crippen LogP contribution in [-0.4, -0.2) is 23.8 Å². The van der Waals surface area contributed by atoms with Crippen molar-refractivity contribution in [3.63, 3.8) is 0 Å².